The van der Waals surface area contributed by atoms with E-state index in [2.05, 4.69) is 10.0 Å². The highest BCUT2D eigenvalue weighted by atomic mass is 16.5. The summed E-state index contributed by atoms with van der Waals surface area (Å²) in [6.45, 7) is 2.45. The number of aromatic hydroxyl groups is 1. The molecule has 0 atom stereocenters. The van der Waals surface area contributed by atoms with Gasteiger partial charge in [0.25, 0.3) is 0 Å². The van der Waals surface area contributed by atoms with E-state index >= 15 is 0 Å². The minimum Gasteiger partial charge on any atom is -0.504 e. The average molecular weight is 193 g/mol. The smallest absolute Gasteiger partial charge is 0.161 e. The molecule has 0 aliphatic carbocycles. The first-order valence-corrected chi connectivity index (χ1v) is 4.24. The Morgan fingerprint density at radius 1 is 1.57 bits per heavy atom. The molecule has 0 heterocycles. The van der Waals surface area contributed by atoms with E-state index < -0.39 is 0 Å². The van der Waals surface area contributed by atoms with Crippen LogP contribution in [0.3, 0.4) is 0 Å². The fourth-order valence-electron chi connectivity index (χ4n) is 1.08. The second-order valence-corrected chi connectivity index (χ2v) is 2.59. The molecule has 1 N–H and O–H groups in total. The van der Waals surface area contributed by atoms with E-state index in [0.29, 0.717) is 17.9 Å². The van der Waals surface area contributed by atoms with E-state index in [0.717, 1.165) is 0 Å². The van der Waals surface area contributed by atoms with Gasteiger partial charge < -0.3 is 9.84 Å². The molecule has 74 valence electrons. The summed E-state index contributed by atoms with van der Waals surface area (Å²) in [5.41, 5.74) is 8.70. The van der Waals surface area contributed by atoms with Crippen molar-refractivity contribution in [3.8, 4) is 11.5 Å². The second kappa shape index (κ2) is 4.99. The van der Waals surface area contributed by atoms with E-state index in [-0.39, 0.29) is 12.3 Å². The molecule has 1 aromatic rings. The zero-order valence-electron chi connectivity index (χ0n) is 7.84. The Bertz CT molecular complexity index is 359. The first-order chi connectivity index (χ1) is 6.79. The Balaban J connectivity index is 2.94. The van der Waals surface area contributed by atoms with Crippen molar-refractivity contribution in [1.82, 2.24) is 0 Å². The molecule has 5 heteroatoms. The monoisotopic (exact) mass is 193 g/mol. The fourth-order valence-corrected chi connectivity index (χ4v) is 1.08. The molecule has 1 rings (SSSR count). The minimum atomic E-state index is 0.0433. The van der Waals surface area contributed by atoms with Crippen LogP contribution in [0.2, 0.25) is 0 Å². The molecule has 0 radical (unpaired) electrons. The van der Waals surface area contributed by atoms with Crippen LogP contribution in [0.15, 0.2) is 23.3 Å². The lowest BCUT2D eigenvalue weighted by atomic mass is 10.2. The maximum atomic E-state index is 9.64. The second-order valence-electron chi connectivity index (χ2n) is 2.59. The van der Waals surface area contributed by atoms with Gasteiger partial charge in [-0.1, -0.05) is 17.2 Å². The summed E-state index contributed by atoms with van der Waals surface area (Å²) in [5, 5.41) is 13.0. The third-order valence-electron chi connectivity index (χ3n) is 1.69. The zero-order valence-corrected chi connectivity index (χ0v) is 7.84. The van der Waals surface area contributed by atoms with Crippen LogP contribution in [0, 0.1) is 0 Å². The molecule has 0 spiro atoms. The Labute approximate surface area is 81.6 Å². The molecule has 0 bridgehead atoms. The summed E-state index contributed by atoms with van der Waals surface area (Å²) < 4.78 is 5.17. The van der Waals surface area contributed by atoms with E-state index in [4.69, 9.17) is 10.3 Å². The molecule has 0 aromatic heterocycles. The highest BCUT2D eigenvalue weighted by Crippen LogP contribution is 2.30. The predicted octanol–water partition coefficient (Wildman–Crippen LogP) is 2.60. The number of phenols is 1. The zero-order chi connectivity index (χ0) is 10.4. The summed E-state index contributed by atoms with van der Waals surface area (Å²) in [5.74, 6) is 0.458. The van der Waals surface area contributed by atoms with Gasteiger partial charge in [0.1, 0.15) is 0 Å². The third-order valence-corrected chi connectivity index (χ3v) is 1.69. The van der Waals surface area contributed by atoms with Crippen molar-refractivity contribution in [3.63, 3.8) is 0 Å². The van der Waals surface area contributed by atoms with Crippen LogP contribution in [-0.2, 0) is 6.54 Å². The van der Waals surface area contributed by atoms with Gasteiger partial charge in [-0.25, -0.2) is 0 Å². The molecule has 1 aromatic carbocycles. The normalized spacial score (nSPS) is 9.21. The van der Waals surface area contributed by atoms with Crippen LogP contribution in [0.1, 0.15) is 12.5 Å². The lowest BCUT2D eigenvalue weighted by Gasteiger charge is -2.07. The number of hydrogen-bond donors (Lipinski definition) is 1. The average Bonchev–Trinajstić information content (AvgIpc) is 2.20. The Morgan fingerprint density at radius 3 is 3.00 bits per heavy atom. The minimum absolute atomic E-state index is 0.0433. The van der Waals surface area contributed by atoms with E-state index in [1.165, 1.54) is 0 Å². The van der Waals surface area contributed by atoms with Gasteiger partial charge in [0.05, 0.1) is 13.2 Å². The molecular weight excluding hydrogens is 182 g/mol. The molecule has 0 fully saturated rings. The van der Waals surface area contributed by atoms with Gasteiger partial charge >= 0.3 is 0 Å². The lowest BCUT2D eigenvalue weighted by molar-refractivity contribution is 0.316. The Morgan fingerprint density at radius 2 is 2.36 bits per heavy atom. The standard InChI is InChI=1S/C9H11N3O2/c1-2-14-8-5-3-4-7(9(8)13)6-11-12-10/h3-5,13H,2,6H2,1H3. The van der Waals surface area contributed by atoms with Gasteiger partial charge in [-0.3, -0.25) is 0 Å². The topological polar surface area (TPSA) is 78.2 Å². The molecular formula is C9H11N3O2. The Hall–Kier alpha value is -1.87. The van der Waals surface area contributed by atoms with Gasteiger partial charge in [-0.05, 0) is 18.5 Å². The maximum absolute atomic E-state index is 9.64. The molecule has 0 saturated heterocycles. The Kier molecular flexibility index (Phi) is 3.64. The highest BCUT2D eigenvalue weighted by molar-refractivity contribution is 5.45. The van der Waals surface area contributed by atoms with Gasteiger partial charge in [-0.2, -0.15) is 0 Å². The highest BCUT2D eigenvalue weighted by Gasteiger charge is 2.05. The SMILES string of the molecule is CCOc1cccc(CN=[N+]=[N-])c1O. The van der Waals surface area contributed by atoms with Crippen molar-refractivity contribution in [2.75, 3.05) is 6.61 Å². The quantitative estimate of drug-likeness (QED) is 0.453. The van der Waals surface area contributed by atoms with Crippen molar-refractivity contribution >= 4 is 0 Å². The largest absolute Gasteiger partial charge is 0.504 e. The molecule has 14 heavy (non-hydrogen) atoms. The number of nitrogens with zero attached hydrogens (tertiary/aromatic N) is 3. The first-order valence-electron chi connectivity index (χ1n) is 4.24. The number of azide groups is 1. The lowest BCUT2D eigenvalue weighted by Crippen LogP contribution is -1.93. The van der Waals surface area contributed by atoms with E-state index in [9.17, 15) is 5.11 Å². The van der Waals surface area contributed by atoms with Crippen molar-refractivity contribution in [2.24, 2.45) is 5.11 Å². The summed E-state index contributed by atoms with van der Waals surface area (Å²) in [4.78, 5) is 2.62. The summed E-state index contributed by atoms with van der Waals surface area (Å²) >= 11 is 0. The van der Waals surface area contributed by atoms with Crippen LogP contribution in [-0.4, -0.2) is 11.7 Å². The van der Waals surface area contributed by atoms with Crippen LogP contribution < -0.4 is 4.74 Å². The number of benzene rings is 1. The number of ether oxygens (including phenoxy) is 1. The van der Waals surface area contributed by atoms with Crippen molar-refractivity contribution in [3.05, 3.63) is 34.2 Å². The predicted molar refractivity (Wildman–Crippen MR) is 52.1 cm³/mol. The van der Waals surface area contributed by atoms with Gasteiger partial charge in [0, 0.05) is 10.5 Å². The third kappa shape index (κ3) is 2.31. The summed E-state index contributed by atoms with van der Waals surface area (Å²) in [6, 6.07) is 5.10. The van der Waals surface area contributed by atoms with E-state index in [1.54, 1.807) is 18.2 Å². The number of phenolic OH excluding ortho intramolecular Hbond substituents is 1. The molecule has 5 nitrogen and oxygen atoms in total. The number of hydrogen-bond acceptors (Lipinski definition) is 3. The first kappa shape index (κ1) is 10.2. The fraction of sp³-hybridized carbons (Fsp3) is 0.333. The van der Waals surface area contributed by atoms with Crippen molar-refractivity contribution in [1.29, 1.82) is 0 Å². The van der Waals surface area contributed by atoms with Crippen molar-refractivity contribution < 1.29 is 9.84 Å². The maximum Gasteiger partial charge on any atom is 0.161 e. The molecule has 0 aliphatic heterocycles. The van der Waals surface area contributed by atoms with Crippen LogP contribution >= 0.6 is 0 Å². The van der Waals surface area contributed by atoms with Gasteiger partial charge in [0.15, 0.2) is 11.5 Å². The van der Waals surface area contributed by atoms with Crippen molar-refractivity contribution in [2.45, 2.75) is 13.5 Å². The van der Waals surface area contributed by atoms with Gasteiger partial charge in [-0.15, -0.1) is 0 Å². The van der Waals surface area contributed by atoms with Gasteiger partial charge in [0.2, 0.25) is 0 Å². The number of rotatable bonds is 4. The summed E-state index contributed by atoms with van der Waals surface area (Å²) in [6.07, 6.45) is 0. The number of para-hydroxylation sites is 1. The molecule has 0 saturated carbocycles. The van der Waals surface area contributed by atoms with Crippen LogP contribution in [0.5, 0.6) is 11.5 Å². The molecule has 0 unspecified atom stereocenters. The molecule has 0 amide bonds. The van der Waals surface area contributed by atoms with Crippen LogP contribution in [0.4, 0.5) is 0 Å². The summed E-state index contributed by atoms with van der Waals surface area (Å²) in [7, 11) is 0. The van der Waals surface area contributed by atoms with Crippen LogP contribution in [0.25, 0.3) is 10.4 Å². The van der Waals surface area contributed by atoms with E-state index in [1.807, 2.05) is 6.92 Å². The molecule has 0 aliphatic rings.